The summed E-state index contributed by atoms with van der Waals surface area (Å²) < 4.78 is 0. The summed E-state index contributed by atoms with van der Waals surface area (Å²) >= 11 is 0. The van der Waals surface area contributed by atoms with Gasteiger partial charge in [-0.15, -0.1) is 0 Å². The lowest BCUT2D eigenvalue weighted by Gasteiger charge is -2.21. The monoisotopic (exact) mass is 217 g/mol. The van der Waals surface area contributed by atoms with Crippen LogP contribution in [0.2, 0.25) is 0 Å². The second-order valence-electron chi connectivity index (χ2n) is 5.42. The van der Waals surface area contributed by atoms with Crippen molar-refractivity contribution in [3.05, 3.63) is 47.2 Å². The van der Waals surface area contributed by atoms with Crippen LogP contribution < -0.4 is 5.73 Å². The molecule has 1 heteroatoms. The van der Waals surface area contributed by atoms with Gasteiger partial charge in [-0.2, -0.15) is 0 Å². The standard InChI is InChI=1S/C15H23N/c1-11(2)6-7-13-10-12(3)8-9-15(4,5)14(13)16/h6-11H,16H2,1-5H3/b7-6-. The van der Waals surface area contributed by atoms with Crippen LogP contribution in [0.4, 0.5) is 0 Å². The third-order valence-corrected chi connectivity index (χ3v) is 2.81. The van der Waals surface area contributed by atoms with E-state index in [9.17, 15) is 0 Å². The Kier molecular flexibility index (Phi) is 3.79. The van der Waals surface area contributed by atoms with E-state index in [1.807, 2.05) is 0 Å². The van der Waals surface area contributed by atoms with Crippen molar-refractivity contribution in [1.82, 2.24) is 0 Å². The molecule has 0 amide bonds. The lowest BCUT2D eigenvalue weighted by molar-refractivity contribution is 0.569. The van der Waals surface area contributed by atoms with Crippen molar-refractivity contribution in [2.75, 3.05) is 0 Å². The number of allylic oxidation sites excluding steroid dienone is 7. The van der Waals surface area contributed by atoms with E-state index in [-0.39, 0.29) is 5.41 Å². The van der Waals surface area contributed by atoms with Crippen molar-refractivity contribution in [2.45, 2.75) is 34.6 Å². The van der Waals surface area contributed by atoms with Gasteiger partial charge in [0.05, 0.1) is 0 Å². The third-order valence-electron chi connectivity index (χ3n) is 2.81. The zero-order valence-electron chi connectivity index (χ0n) is 11.0. The Morgan fingerprint density at radius 1 is 1.31 bits per heavy atom. The molecular formula is C15H23N. The zero-order chi connectivity index (χ0) is 12.3. The molecule has 2 N–H and O–H groups in total. The number of hydrogen-bond acceptors (Lipinski definition) is 1. The fraction of sp³-hybridized carbons (Fsp3) is 0.467. The van der Waals surface area contributed by atoms with Gasteiger partial charge in [0.25, 0.3) is 0 Å². The maximum atomic E-state index is 6.24. The second-order valence-corrected chi connectivity index (χ2v) is 5.42. The Morgan fingerprint density at radius 3 is 2.50 bits per heavy atom. The molecule has 0 aromatic carbocycles. The molecule has 0 aromatic heterocycles. The number of hydrogen-bond donors (Lipinski definition) is 1. The molecule has 0 heterocycles. The Labute approximate surface area is 99.4 Å². The van der Waals surface area contributed by atoms with Crippen molar-refractivity contribution in [3.8, 4) is 0 Å². The van der Waals surface area contributed by atoms with Crippen LogP contribution in [0.3, 0.4) is 0 Å². The smallest absolute Gasteiger partial charge is 0.0250 e. The Morgan fingerprint density at radius 2 is 1.94 bits per heavy atom. The Hall–Kier alpha value is -1.24. The third kappa shape index (κ3) is 3.13. The van der Waals surface area contributed by atoms with E-state index in [4.69, 9.17) is 5.73 Å². The van der Waals surface area contributed by atoms with Crippen molar-refractivity contribution in [2.24, 2.45) is 17.1 Å². The fourth-order valence-electron chi connectivity index (χ4n) is 1.61. The van der Waals surface area contributed by atoms with Crippen LogP contribution in [0.1, 0.15) is 34.6 Å². The molecule has 0 aliphatic heterocycles. The molecule has 1 rings (SSSR count). The van der Waals surface area contributed by atoms with Crippen molar-refractivity contribution in [1.29, 1.82) is 0 Å². The quantitative estimate of drug-likeness (QED) is 0.744. The highest BCUT2D eigenvalue weighted by Gasteiger charge is 2.21. The summed E-state index contributed by atoms with van der Waals surface area (Å²) in [4.78, 5) is 0. The van der Waals surface area contributed by atoms with Gasteiger partial charge in [0.15, 0.2) is 0 Å². The van der Waals surface area contributed by atoms with E-state index < -0.39 is 0 Å². The van der Waals surface area contributed by atoms with E-state index in [0.717, 1.165) is 11.3 Å². The minimum absolute atomic E-state index is 0.0646. The van der Waals surface area contributed by atoms with E-state index >= 15 is 0 Å². The number of nitrogens with two attached hydrogens (primary N) is 1. The fourth-order valence-corrected chi connectivity index (χ4v) is 1.61. The molecule has 0 fully saturated rings. The highest BCUT2D eigenvalue weighted by Crippen LogP contribution is 2.31. The van der Waals surface area contributed by atoms with Crippen molar-refractivity contribution in [3.63, 3.8) is 0 Å². The van der Waals surface area contributed by atoms with Gasteiger partial charge < -0.3 is 5.73 Å². The first kappa shape index (κ1) is 12.8. The minimum Gasteiger partial charge on any atom is -0.401 e. The van der Waals surface area contributed by atoms with Crippen LogP contribution in [-0.4, -0.2) is 0 Å². The molecule has 1 aliphatic rings. The lowest BCUT2D eigenvalue weighted by Crippen LogP contribution is -2.19. The van der Waals surface area contributed by atoms with E-state index in [1.54, 1.807) is 0 Å². The van der Waals surface area contributed by atoms with Gasteiger partial charge >= 0.3 is 0 Å². The highest BCUT2D eigenvalue weighted by molar-refractivity contribution is 5.45. The van der Waals surface area contributed by atoms with Crippen molar-refractivity contribution < 1.29 is 0 Å². The molecule has 0 radical (unpaired) electrons. The molecule has 0 aromatic rings. The van der Waals surface area contributed by atoms with Gasteiger partial charge in [-0.1, -0.05) is 63.6 Å². The van der Waals surface area contributed by atoms with Gasteiger partial charge in [-0.3, -0.25) is 0 Å². The summed E-state index contributed by atoms with van der Waals surface area (Å²) in [6.07, 6.45) is 10.8. The molecule has 1 nitrogen and oxygen atoms in total. The Bertz CT molecular complexity index is 376. The van der Waals surface area contributed by atoms with Crippen LogP contribution in [-0.2, 0) is 0 Å². The summed E-state index contributed by atoms with van der Waals surface area (Å²) in [5.41, 5.74) is 9.50. The summed E-state index contributed by atoms with van der Waals surface area (Å²) in [5.74, 6) is 0.549. The predicted molar refractivity (Wildman–Crippen MR) is 71.9 cm³/mol. The van der Waals surface area contributed by atoms with Crippen LogP contribution in [0.15, 0.2) is 47.2 Å². The molecule has 0 saturated carbocycles. The topological polar surface area (TPSA) is 26.0 Å². The summed E-state index contributed by atoms with van der Waals surface area (Å²) in [6.45, 7) is 10.7. The van der Waals surface area contributed by atoms with Crippen LogP contribution in [0.25, 0.3) is 0 Å². The first-order valence-electron chi connectivity index (χ1n) is 5.89. The molecule has 0 atom stereocenters. The maximum Gasteiger partial charge on any atom is 0.0250 e. The van der Waals surface area contributed by atoms with Crippen LogP contribution >= 0.6 is 0 Å². The molecule has 0 saturated heterocycles. The van der Waals surface area contributed by atoms with Crippen LogP contribution in [0.5, 0.6) is 0 Å². The highest BCUT2D eigenvalue weighted by atomic mass is 14.6. The molecular weight excluding hydrogens is 194 g/mol. The number of rotatable bonds is 2. The second kappa shape index (κ2) is 4.73. The van der Waals surface area contributed by atoms with Gasteiger partial charge in [0.1, 0.15) is 0 Å². The molecule has 0 spiro atoms. The summed E-state index contributed by atoms with van der Waals surface area (Å²) in [6, 6.07) is 0. The molecule has 0 bridgehead atoms. The van der Waals surface area contributed by atoms with Gasteiger partial charge in [0, 0.05) is 11.1 Å². The first-order valence-corrected chi connectivity index (χ1v) is 5.89. The minimum atomic E-state index is -0.0646. The van der Waals surface area contributed by atoms with Gasteiger partial charge in [-0.05, 0) is 18.4 Å². The van der Waals surface area contributed by atoms with Gasteiger partial charge in [0.2, 0.25) is 0 Å². The normalized spacial score (nSPS) is 20.5. The molecule has 0 unspecified atom stereocenters. The molecule has 88 valence electrons. The predicted octanol–water partition coefficient (Wildman–Crippen LogP) is 3.95. The maximum absolute atomic E-state index is 6.24. The first-order chi connectivity index (χ1) is 7.33. The average Bonchev–Trinajstić information content (AvgIpc) is 2.27. The lowest BCUT2D eigenvalue weighted by atomic mass is 9.87. The zero-order valence-corrected chi connectivity index (χ0v) is 11.0. The van der Waals surface area contributed by atoms with Crippen LogP contribution in [0, 0.1) is 11.3 Å². The molecule has 1 aliphatic carbocycles. The van der Waals surface area contributed by atoms with E-state index in [1.165, 1.54) is 5.57 Å². The SMILES string of the molecule is CC1=CC(/C=C\C(C)C)=C(N)C(C)(C)C=C1. The van der Waals surface area contributed by atoms with Crippen molar-refractivity contribution >= 4 is 0 Å². The van der Waals surface area contributed by atoms with E-state index in [2.05, 4.69) is 65.0 Å². The average molecular weight is 217 g/mol. The molecule has 16 heavy (non-hydrogen) atoms. The Balaban J connectivity index is 3.16. The summed E-state index contributed by atoms with van der Waals surface area (Å²) in [7, 11) is 0. The summed E-state index contributed by atoms with van der Waals surface area (Å²) in [5, 5.41) is 0. The largest absolute Gasteiger partial charge is 0.401 e. The van der Waals surface area contributed by atoms with Gasteiger partial charge in [-0.25, -0.2) is 0 Å². The van der Waals surface area contributed by atoms with E-state index in [0.29, 0.717) is 5.92 Å².